The first-order chi connectivity index (χ1) is 14.8. The Hall–Kier alpha value is -3.33. The van der Waals surface area contributed by atoms with Gasteiger partial charge in [-0.15, -0.1) is 0 Å². The van der Waals surface area contributed by atoms with Gasteiger partial charge in [-0.2, -0.15) is 0 Å². The number of amides is 2. The van der Waals surface area contributed by atoms with Crippen molar-refractivity contribution in [1.29, 1.82) is 0 Å². The lowest BCUT2D eigenvalue weighted by Gasteiger charge is -2.11. The Kier molecular flexibility index (Phi) is 6.65. The lowest BCUT2D eigenvalue weighted by molar-refractivity contribution is -0.143. The zero-order valence-corrected chi connectivity index (χ0v) is 18.4. The van der Waals surface area contributed by atoms with Crippen LogP contribution in [0.1, 0.15) is 34.2 Å². The molecule has 1 aliphatic heterocycles. The molecular formula is C22H22N2O6S. The first-order valence-corrected chi connectivity index (χ1v) is 10.4. The maximum Gasteiger partial charge on any atom is 0.338 e. The number of benzene rings is 1. The summed E-state index contributed by atoms with van der Waals surface area (Å²) in [4.78, 5) is 49.1. The Morgan fingerprint density at radius 2 is 1.81 bits per heavy atom. The van der Waals surface area contributed by atoms with E-state index in [1.165, 1.54) is 7.11 Å². The normalized spacial score (nSPS) is 15.0. The highest BCUT2D eigenvalue weighted by Gasteiger charge is 2.36. The van der Waals surface area contributed by atoms with Crippen molar-refractivity contribution in [2.24, 2.45) is 0 Å². The second kappa shape index (κ2) is 9.22. The molecule has 1 aliphatic rings. The van der Waals surface area contributed by atoms with Gasteiger partial charge in [-0.05, 0) is 74.5 Å². The first-order valence-electron chi connectivity index (χ1n) is 9.55. The Labute approximate surface area is 183 Å². The number of hydrogen-bond donors (Lipinski definition) is 0. The fourth-order valence-electron chi connectivity index (χ4n) is 3.26. The largest absolute Gasteiger partial charge is 0.468 e. The van der Waals surface area contributed by atoms with Crippen molar-refractivity contribution in [3.8, 4) is 5.69 Å². The average Bonchev–Trinajstić information content (AvgIpc) is 3.17. The molecule has 0 unspecified atom stereocenters. The molecule has 2 aromatic rings. The monoisotopic (exact) mass is 442 g/mol. The van der Waals surface area contributed by atoms with Crippen molar-refractivity contribution < 1.29 is 28.7 Å². The van der Waals surface area contributed by atoms with Crippen LogP contribution in [0.5, 0.6) is 0 Å². The number of aromatic nitrogens is 1. The molecule has 1 fully saturated rings. The van der Waals surface area contributed by atoms with E-state index >= 15 is 0 Å². The van der Waals surface area contributed by atoms with Gasteiger partial charge in [0.15, 0.2) is 0 Å². The molecule has 31 heavy (non-hydrogen) atoms. The van der Waals surface area contributed by atoms with Gasteiger partial charge in [0, 0.05) is 17.1 Å². The van der Waals surface area contributed by atoms with E-state index in [-0.39, 0.29) is 10.9 Å². The zero-order chi connectivity index (χ0) is 22.7. The van der Waals surface area contributed by atoms with Crippen molar-refractivity contribution in [3.63, 3.8) is 0 Å². The number of thioether (sulfide) groups is 1. The predicted molar refractivity (Wildman–Crippen MR) is 116 cm³/mol. The summed E-state index contributed by atoms with van der Waals surface area (Å²) in [5.74, 6) is -1.56. The molecule has 1 aromatic carbocycles. The van der Waals surface area contributed by atoms with E-state index in [0.717, 1.165) is 39.3 Å². The van der Waals surface area contributed by atoms with E-state index in [4.69, 9.17) is 4.74 Å². The molecule has 9 heteroatoms. The molecule has 2 heterocycles. The molecular weight excluding hydrogens is 420 g/mol. The van der Waals surface area contributed by atoms with Crippen molar-refractivity contribution in [1.82, 2.24) is 9.47 Å². The number of imide groups is 1. The summed E-state index contributed by atoms with van der Waals surface area (Å²) in [6.07, 6.45) is 1.65. The first kappa shape index (κ1) is 22.4. The van der Waals surface area contributed by atoms with Gasteiger partial charge in [-0.3, -0.25) is 19.3 Å². The summed E-state index contributed by atoms with van der Waals surface area (Å²) in [5, 5.41) is -0.509. The van der Waals surface area contributed by atoms with Crippen LogP contribution in [0.4, 0.5) is 4.79 Å². The number of rotatable bonds is 6. The molecule has 1 saturated heterocycles. The van der Waals surface area contributed by atoms with E-state index in [1.54, 1.807) is 25.1 Å². The molecule has 0 N–H and O–H groups in total. The molecule has 0 radical (unpaired) electrons. The molecule has 8 nitrogen and oxygen atoms in total. The maximum atomic E-state index is 12.6. The summed E-state index contributed by atoms with van der Waals surface area (Å²) in [7, 11) is 1.20. The molecule has 0 saturated carbocycles. The molecule has 0 spiro atoms. The summed E-state index contributed by atoms with van der Waals surface area (Å²) < 4.78 is 11.5. The number of nitrogens with zero attached hydrogens (tertiary/aromatic N) is 2. The van der Waals surface area contributed by atoms with Gasteiger partial charge in [0.1, 0.15) is 6.54 Å². The number of carbonyl (C=O) groups is 4. The minimum Gasteiger partial charge on any atom is -0.468 e. The molecule has 2 amide bonds. The quantitative estimate of drug-likeness (QED) is 0.499. The van der Waals surface area contributed by atoms with Crippen molar-refractivity contribution in [2.75, 3.05) is 20.3 Å². The number of esters is 2. The van der Waals surface area contributed by atoms with Gasteiger partial charge in [0.05, 0.1) is 24.2 Å². The van der Waals surface area contributed by atoms with Crippen LogP contribution in [0.3, 0.4) is 0 Å². The number of methoxy groups -OCH3 is 1. The van der Waals surface area contributed by atoms with Crippen LogP contribution in [0, 0.1) is 13.8 Å². The highest BCUT2D eigenvalue weighted by molar-refractivity contribution is 8.18. The minimum atomic E-state index is -0.659. The minimum absolute atomic E-state index is 0.242. The van der Waals surface area contributed by atoms with Crippen LogP contribution in [0.25, 0.3) is 11.8 Å². The summed E-state index contributed by atoms with van der Waals surface area (Å²) in [5.41, 5.74) is 3.87. The Morgan fingerprint density at radius 1 is 1.13 bits per heavy atom. The maximum absolute atomic E-state index is 12.6. The van der Waals surface area contributed by atoms with Crippen LogP contribution >= 0.6 is 11.8 Å². The topological polar surface area (TPSA) is 94.9 Å². The summed E-state index contributed by atoms with van der Waals surface area (Å²) in [6.45, 7) is 5.48. The molecule has 0 atom stereocenters. The lowest BCUT2D eigenvalue weighted by Crippen LogP contribution is -2.34. The van der Waals surface area contributed by atoms with Crippen LogP contribution < -0.4 is 0 Å². The number of ether oxygens (including phenoxy) is 2. The van der Waals surface area contributed by atoms with Gasteiger partial charge in [0.2, 0.25) is 0 Å². The van der Waals surface area contributed by atoms with E-state index in [0.29, 0.717) is 12.2 Å². The number of carbonyl (C=O) groups excluding carboxylic acids is 4. The van der Waals surface area contributed by atoms with Gasteiger partial charge < -0.3 is 14.0 Å². The van der Waals surface area contributed by atoms with E-state index < -0.39 is 23.7 Å². The Morgan fingerprint density at radius 3 is 2.42 bits per heavy atom. The van der Waals surface area contributed by atoms with Crippen molar-refractivity contribution in [2.45, 2.75) is 20.8 Å². The van der Waals surface area contributed by atoms with E-state index in [2.05, 4.69) is 4.74 Å². The standard InChI is InChI=1S/C22H22N2O6S/c1-5-30-21(27)15-6-8-17(9-7-15)24-13(2)10-16(14(24)3)11-18-20(26)23(22(28)31-18)12-19(25)29-4/h6-11H,5,12H2,1-4H3. The van der Waals surface area contributed by atoms with Crippen LogP contribution in [0.15, 0.2) is 35.2 Å². The van der Waals surface area contributed by atoms with Crippen LogP contribution in [0.2, 0.25) is 0 Å². The molecule has 3 rings (SSSR count). The van der Waals surface area contributed by atoms with Crippen LogP contribution in [-0.4, -0.2) is 52.8 Å². The number of aryl methyl sites for hydroxylation is 1. The van der Waals surface area contributed by atoms with E-state index in [1.807, 2.05) is 36.6 Å². The van der Waals surface area contributed by atoms with Gasteiger partial charge >= 0.3 is 11.9 Å². The Balaban J connectivity index is 1.88. The second-order valence-electron chi connectivity index (χ2n) is 6.77. The summed E-state index contributed by atoms with van der Waals surface area (Å²) >= 11 is 0.789. The van der Waals surface area contributed by atoms with Gasteiger partial charge in [-0.1, -0.05) is 0 Å². The van der Waals surface area contributed by atoms with Gasteiger partial charge in [0.25, 0.3) is 11.1 Å². The smallest absolute Gasteiger partial charge is 0.338 e. The summed E-state index contributed by atoms with van der Waals surface area (Å²) in [6, 6.07) is 8.94. The third kappa shape index (κ3) is 4.56. The molecule has 1 aromatic heterocycles. The SMILES string of the molecule is CCOC(=O)c1ccc(-n2c(C)cc(C=C3SC(=O)N(CC(=O)OC)C3=O)c2C)cc1. The fourth-order valence-corrected chi connectivity index (χ4v) is 4.09. The predicted octanol–water partition coefficient (Wildman–Crippen LogP) is 3.48. The van der Waals surface area contributed by atoms with Crippen molar-refractivity contribution in [3.05, 3.63) is 57.8 Å². The molecule has 162 valence electrons. The van der Waals surface area contributed by atoms with Crippen LogP contribution in [-0.2, 0) is 19.1 Å². The third-order valence-corrected chi connectivity index (χ3v) is 5.69. The lowest BCUT2D eigenvalue weighted by atomic mass is 10.2. The average molecular weight is 442 g/mol. The number of hydrogen-bond acceptors (Lipinski definition) is 7. The zero-order valence-electron chi connectivity index (χ0n) is 17.6. The highest BCUT2D eigenvalue weighted by atomic mass is 32.2. The van der Waals surface area contributed by atoms with Gasteiger partial charge in [-0.25, -0.2) is 4.79 Å². The fraction of sp³-hybridized carbons (Fsp3) is 0.273. The second-order valence-corrected chi connectivity index (χ2v) is 7.77. The molecule has 0 aliphatic carbocycles. The highest BCUT2D eigenvalue weighted by Crippen LogP contribution is 2.33. The van der Waals surface area contributed by atoms with E-state index in [9.17, 15) is 19.2 Å². The third-order valence-electron chi connectivity index (χ3n) is 4.78. The Bertz CT molecular complexity index is 1080. The molecule has 0 bridgehead atoms. The van der Waals surface area contributed by atoms with Crippen molar-refractivity contribution >= 4 is 40.9 Å².